The first kappa shape index (κ1) is 15.9. The van der Waals surface area contributed by atoms with Crippen LogP contribution in [0.1, 0.15) is 23.2 Å². The molecule has 2 amide bonds. The Kier molecular flexibility index (Phi) is 4.58. The molecule has 1 fully saturated rings. The van der Waals surface area contributed by atoms with Crippen molar-refractivity contribution in [3.8, 4) is 0 Å². The van der Waals surface area contributed by atoms with Gasteiger partial charge in [-0.15, -0.1) is 0 Å². The molecule has 0 unspecified atom stereocenters. The number of hydrogen-bond acceptors (Lipinski definition) is 4. The molecule has 3 rings (SSSR count). The van der Waals surface area contributed by atoms with Gasteiger partial charge in [-0.1, -0.05) is 12.1 Å². The molecule has 0 saturated carbocycles. The summed E-state index contributed by atoms with van der Waals surface area (Å²) in [4.78, 5) is 30.4. The lowest BCUT2D eigenvalue weighted by atomic mass is 10.1. The first-order valence-electron chi connectivity index (χ1n) is 7.44. The minimum atomic E-state index is -0.295. The highest BCUT2D eigenvalue weighted by atomic mass is 79.9. The van der Waals surface area contributed by atoms with Crippen molar-refractivity contribution in [2.24, 2.45) is 5.73 Å². The zero-order valence-electron chi connectivity index (χ0n) is 12.5. The van der Waals surface area contributed by atoms with E-state index in [-0.39, 0.29) is 24.5 Å². The number of amides is 2. The third kappa shape index (κ3) is 3.20. The summed E-state index contributed by atoms with van der Waals surface area (Å²) in [7, 11) is 0. The van der Waals surface area contributed by atoms with Crippen LogP contribution < -0.4 is 11.1 Å². The molecule has 1 aliphatic rings. The molecule has 1 aliphatic heterocycles. The standard InChI is InChI=1S/C16H17BrN4O2/c17-12-4-1-3-10-11(6-7-19-15(10)12)16(23)20-9-14(22)21-8-2-5-13(21)18/h1,3-4,6-7,13H,2,5,8-9,18H2,(H,20,23)/t13-/m0/s1. The van der Waals surface area contributed by atoms with Crippen LogP contribution in [0.5, 0.6) is 0 Å². The maximum Gasteiger partial charge on any atom is 0.252 e. The topological polar surface area (TPSA) is 88.3 Å². The first-order valence-corrected chi connectivity index (χ1v) is 8.23. The number of aromatic nitrogens is 1. The van der Waals surface area contributed by atoms with Crippen LogP contribution in [-0.2, 0) is 4.79 Å². The van der Waals surface area contributed by atoms with Gasteiger partial charge in [0, 0.05) is 22.6 Å². The first-order chi connectivity index (χ1) is 11.1. The number of fused-ring (bicyclic) bond motifs is 1. The lowest BCUT2D eigenvalue weighted by Crippen LogP contribution is -2.46. The summed E-state index contributed by atoms with van der Waals surface area (Å²) in [5.74, 6) is -0.445. The minimum Gasteiger partial charge on any atom is -0.343 e. The number of rotatable bonds is 3. The van der Waals surface area contributed by atoms with E-state index < -0.39 is 0 Å². The van der Waals surface area contributed by atoms with E-state index in [1.807, 2.05) is 18.2 Å². The monoisotopic (exact) mass is 376 g/mol. The van der Waals surface area contributed by atoms with Crippen LogP contribution >= 0.6 is 15.9 Å². The van der Waals surface area contributed by atoms with Crippen LogP contribution in [0.4, 0.5) is 0 Å². The molecule has 1 saturated heterocycles. The average Bonchev–Trinajstić information content (AvgIpc) is 2.98. The number of hydrogen-bond donors (Lipinski definition) is 2. The van der Waals surface area contributed by atoms with Crippen molar-refractivity contribution < 1.29 is 9.59 Å². The maximum atomic E-state index is 12.4. The molecular formula is C16H17BrN4O2. The van der Waals surface area contributed by atoms with Crippen molar-refractivity contribution in [1.29, 1.82) is 0 Å². The van der Waals surface area contributed by atoms with Gasteiger partial charge in [0.15, 0.2) is 0 Å². The number of carbonyl (C=O) groups excluding carboxylic acids is 2. The van der Waals surface area contributed by atoms with E-state index >= 15 is 0 Å². The van der Waals surface area contributed by atoms with Crippen molar-refractivity contribution in [1.82, 2.24) is 15.2 Å². The second kappa shape index (κ2) is 6.64. The molecule has 7 heteroatoms. The lowest BCUT2D eigenvalue weighted by molar-refractivity contribution is -0.130. The van der Waals surface area contributed by atoms with Gasteiger partial charge in [0.2, 0.25) is 5.91 Å². The average molecular weight is 377 g/mol. The predicted octanol–water partition coefficient (Wildman–Crippen LogP) is 1.63. The summed E-state index contributed by atoms with van der Waals surface area (Å²) < 4.78 is 0.823. The molecule has 120 valence electrons. The summed E-state index contributed by atoms with van der Waals surface area (Å²) in [5.41, 5.74) is 7.08. The Morgan fingerprint density at radius 1 is 1.39 bits per heavy atom. The van der Waals surface area contributed by atoms with Gasteiger partial charge in [-0.3, -0.25) is 14.6 Å². The highest BCUT2D eigenvalue weighted by molar-refractivity contribution is 9.10. The fourth-order valence-corrected chi connectivity index (χ4v) is 3.26. The van der Waals surface area contributed by atoms with E-state index in [1.165, 1.54) is 0 Å². The molecule has 1 aromatic carbocycles. The summed E-state index contributed by atoms with van der Waals surface area (Å²) >= 11 is 3.42. The molecule has 0 bridgehead atoms. The molecule has 0 aliphatic carbocycles. The Balaban J connectivity index is 1.74. The molecular weight excluding hydrogens is 360 g/mol. The van der Waals surface area contributed by atoms with Crippen LogP contribution in [0, 0.1) is 0 Å². The van der Waals surface area contributed by atoms with E-state index in [4.69, 9.17) is 5.73 Å². The largest absolute Gasteiger partial charge is 0.343 e. The Hall–Kier alpha value is -1.99. The number of benzene rings is 1. The molecule has 0 radical (unpaired) electrons. The number of pyridine rings is 1. The van der Waals surface area contributed by atoms with Gasteiger partial charge in [-0.2, -0.15) is 0 Å². The summed E-state index contributed by atoms with van der Waals surface area (Å²) in [6.45, 7) is 0.603. The van der Waals surface area contributed by atoms with Crippen molar-refractivity contribution >= 4 is 38.6 Å². The maximum absolute atomic E-state index is 12.4. The van der Waals surface area contributed by atoms with Crippen LogP contribution in [0.25, 0.3) is 10.9 Å². The van der Waals surface area contributed by atoms with Crippen molar-refractivity contribution in [3.05, 3.63) is 40.5 Å². The van der Waals surface area contributed by atoms with Crippen molar-refractivity contribution in [3.63, 3.8) is 0 Å². The van der Waals surface area contributed by atoms with Crippen LogP contribution in [0.2, 0.25) is 0 Å². The van der Waals surface area contributed by atoms with Gasteiger partial charge < -0.3 is 16.0 Å². The summed E-state index contributed by atoms with van der Waals surface area (Å²) in [6.07, 6.45) is 3.06. The van der Waals surface area contributed by atoms with Crippen LogP contribution in [0.3, 0.4) is 0 Å². The van der Waals surface area contributed by atoms with Crippen LogP contribution in [-0.4, -0.2) is 41.0 Å². The number of para-hydroxylation sites is 1. The van der Waals surface area contributed by atoms with Crippen LogP contribution in [0.15, 0.2) is 34.9 Å². The molecule has 0 spiro atoms. The SMILES string of the molecule is N[C@@H]1CCCN1C(=O)CNC(=O)c1ccnc2c(Br)cccc12. The zero-order valence-corrected chi connectivity index (χ0v) is 14.0. The third-order valence-electron chi connectivity index (χ3n) is 3.99. The van der Waals surface area contributed by atoms with Crippen molar-refractivity contribution in [2.45, 2.75) is 19.0 Å². The van der Waals surface area contributed by atoms with Gasteiger partial charge in [0.05, 0.1) is 23.8 Å². The molecule has 3 N–H and O–H groups in total. The fraction of sp³-hybridized carbons (Fsp3) is 0.312. The van der Waals surface area contributed by atoms with E-state index in [2.05, 4.69) is 26.2 Å². The van der Waals surface area contributed by atoms with Gasteiger partial charge in [-0.05, 0) is 40.9 Å². The van der Waals surface area contributed by atoms with Gasteiger partial charge in [-0.25, -0.2) is 0 Å². The van der Waals surface area contributed by atoms with Gasteiger partial charge in [0.25, 0.3) is 5.91 Å². The normalized spacial score (nSPS) is 17.5. The summed E-state index contributed by atoms with van der Waals surface area (Å²) in [6, 6.07) is 7.20. The van der Waals surface area contributed by atoms with E-state index in [0.717, 1.165) is 22.7 Å². The highest BCUT2D eigenvalue weighted by Gasteiger charge is 2.25. The number of likely N-dealkylation sites (tertiary alicyclic amines) is 1. The second-order valence-electron chi connectivity index (χ2n) is 5.47. The quantitative estimate of drug-likeness (QED) is 0.851. The molecule has 2 aromatic rings. The number of nitrogens with one attached hydrogen (secondary N) is 1. The Bertz CT molecular complexity index is 765. The number of nitrogens with zero attached hydrogens (tertiary/aromatic N) is 2. The minimum absolute atomic E-state index is 0.0512. The molecule has 2 heterocycles. The Labute approximate surface area is 142 Å². The van der Waals surface area contributed by atoms with E-state index in [0.29, 0.717) is 17.6 Å². The Morgan fingerprint density at radius 3 is 2.96 bits per heavy atom. The second-order valence-corrected chi connectivity index (χ2v) is 6.33. The third-order valence-corrected chi connectivity index (χ3v) is 4.63. The van der Waals surface area contributed by atoms with E-state index in [1.54, 1.807) is 17.2 Å². The number of carbonyl (C=O) groups is 2. The number of nitrogens with two attached hydrogens (primary N) is 1. The van der Waals surface area contributed by atoms with E-state index in [9.17, 15) is 9.59 Å². The molecule has 1 aromatic heterocycles. The molecule has 6 nitrogen and oxygen atoms in total. The van der Waals surface area contributed by atoms with Gasteiger partial charge >= 0.3 is 0 Å². The Morgan fingerprint density at radius 2 is 2.22 bits per heavy atom. The number of halogens is 1. The van der Waals surface area contributed by atoms with Crippen molar-refractivity contribution in [2.75, 3.05) is 13.1 Å². The van der Waals surface area contributed by atoms with Gasteiger partial charge in [0.1, 0.15) is 0 Å². The lowest BCUT2D eigenvalue weighted by Gasteiger charge is -2.21. The zero-order chi connectivity index (χ0) is 16.4. The molecule has 1 atom stereocenters. The molecule has 23 heavy (non-hydrogen) atoms. The predicted molar refractivity (Wildman–Crippen MR) is 90.7 cm³/mol. The fourth-order valence-electron chi connectivity index (χ4n) is 2.79. The highest BCUT2D eigenvalue weighted by Crippen LogP contribution is 2.24. The smallest absolute Gasteiger partial charge is 0.252 e. The summed E-state index contributed by atoms with van der Waals surface area (Å²) in [5, 5.41) is 3.42.